The van der Waals surface area contributed by atoms with Crippen LogP contribution in [0.5, 0.6) is 0 Å². The molecule has 3 rings (SSSR count). The number of likely N-dealkylation sites (tertiary alicyclic amines) is 1. The van der Waals surface area contributed by atoms with Gasteiger partial charge < -0.3 is 10.6 Å². The number of nitrogens with zero attached hydrogens (tertiary/aromatic N) is 1. The standard InChI is InChI=1S/C21H22F4N2O/c1-12(2)20(28)27-11-21(24,25)19(26)17(27)10-13-6-5-8-15(18(13)23)14-7-3-4-9-16(14)22/h3-9,12,17,19H,10-11,26H2,1-2H3/t17-,19+/m0/s1. The Morgan fingerprint density at radius 1 is 1.14 bits per heavy atom. The van der Waals surface area contributed by atoms with Gasteiger partial charge in [0.2, 0.25) is 5.91 Å². The van der Waals surface area contributed by atoms with Gasteiger partial charge in [-0.1, -0.05) is 50.2 Å². The normalized spacial score (nSPS) is 21.4. The zero-order valence-electron chi connectivity index (χ0n) is 15.6. The number of amides is 1. The predicted molar refractivity (Wildman–Crippen MR) is 98.8 cm³/mol. The van der Waals surface area contributed by atoms with Crippen molar-refractivity contribution >= 4 is 5.91 Å². The largest absolute Gasteiger partial charge is 0.331 e. The maximum Gasteiger partial charge on any atom is 0.282 e. The summed E-state index contributed by atoms with van der Waals surface area (Å²) in [5, 5.41) is 0. The third-order valence-electron chi connectivity index (χ3n) is 5.13. The third-order valence-corrected chi connectivity index (χ3v) is 5.13. The van der Waals surface area contributed by atoms with Crippen molar-refractivity contribution in [1.82, 2.24) is 4.90 Å². The van der Waals surface area contributed by atoms with E-state index in [9.17, 15) is 18.0 Å². The number of nitrogens with two attached hydrogens (primary N) is 1. The first-order chi connectivity index (χ1) is 13.1. The number of benzene rings is 2. The summed E-state index contributed by atoms with van der Waals surface area (Å²) in [4.78, 5) is 13.4. The molecule has 1 amide bonds. The Hall–Kier alpha value is -2.41. The molecular weight excluding hydrogens is 372 g/mol. The van der Waals surface area contributed by atoms with Gasteiger partial charge in [-0.3, -0.25) is 4.79 Å². The molecule has 2 atom stereocenters. The summed E-state index contributed by atoms with van der Waals surface area (Å²) in [6.45, 7) is 2.44. The minimum absolute atomic E-state index is 0.0377. The predicted octanol–water partition coefficient (Wildman–Crippen LogP) is 4.00. The van der Waals surface area contributed by atoms with Crippen LogP contribution in [0.4, 0.5) is 17.6 Å². The Labute approximate surface area is 161 Å². The molecular formula is C21H22F4N2O. The average molecular weight is 394 g/mol. The summed E-state index contributed by atoms with van der Waals surface area (Å²) in [5.41, 5.74) is 5.96. The molecule has 7 heteroatoms. The molecule has 0 bridgehead atoms. The molecule has 3 nitrogen and oxygen atoms in total. The summed E-state index contributed by atoms with van der Waals surface area (Å²) >= 11 is 0. The van der Waals surface area contributed by atoms with Crippen LogP contribution in [0.15, 0.2) is 42.5 Å². The van der Waals surface area contributed by atoms with E-state index in [1.165, 1.54) is 36.4 Å². The minimum atomic E-state index is -3.26. The molecule has 0 aliphatic carbocycles. The van der Waals surface area contributed by atoms with E-state index in [0.29, 0.717) is 0 Å². The van der Waals surface area contributed by atoms with Gasteiger partial charge in [-0.2, -0.15) is 0 Å². The molecule has 2 aromatic rings. The molecule has 28 heavy (non-hydrogen) atoms. The topological polar surface area (TPSA) is 46.3 Å². The first-order valence-electron chi connectivity index (χ1n) is 9.09. The Balaban J connectivity index is 1.97. The zero-order chi connectivity index (χ0) is 20.6. The van der Waals surface area contributed by atoms with Gasteiger partial charge in [-0.25, -0.2) is 17.6 Å². The van der Waals surface area contributed by atoms with E-state index in [1.54, 1.807) is 19.9 Å². The van der Waals surface area contributed by atoms with E-state index in [1.807, 2.05) is 0 Å². The molecule has 150 valence electrons. The van der Waals surface area contributed by atoms with Gasteiger partial charge in [0, 0.05) is 17.0 Å². The molecule has 1 heterocycles. The van der Waals surface area contributed by atoms with Crippen LogP contribution in [-0.2, 0) is 11.2 Å². The Morgan fingerprint density at radius 2 is 1.79 bits per heavy atom. The van der Waals surface area contributed by atoms with Crippen LogP contribution in [0.3, 0.4) is 0 Å². The fourth-order valence-electron chi connectivity index (χ4n) is 3.59. The van der Waals surface area contributed by atoms with E-state index >= 15 is 4.39 Å². The van der Waals surface area contributed by atoms with Gasteiger partial charge in [-0.15, -0.1) is 0 Å². The number of rotatable bonds is 4. The fourth-order valence-corrected chi connectivity index (χ4v) is 3.59. The highest BCUT2D eigenvalue weighted by Crippen LogP contribution is 2.35. The lowest BCUT2D eigenvalue weighted by Gasteiger charge is -2.28. The molecule has 2 N–H and O–H groups in total. The Morgan fingerprint density at radius 3 is 2.43 bits per heavy atom. The maximum atomic E-state index is 15.1. The van der Waals surface area contributed by atoms with Gasteiger partial charge in [-0.05, 0) is 18.1 Å². The summed E-state index contributed by atoms with van der Waals surface area (Å²) in [6.07, 6.45) is -0.177. The second-order valence-corrected chi connectivity index (χ2v) is 7.44. The summed E-state index contributed by atoms with van der Waals surface area (Å²) in [5.74, 6) is -5.48. The van der Waals surface area contributed by atoms with Crippen molar-refractivity contribution in [3.63, 3.8) is 0 Å². The SMILES string of the molecule is CC(C)C(=O)N1CC(F)(F)[C@H](N)[C@@H]1Cc1cccc(-c2ccccc2F)c1F. The highest BCUT2D eigenvalue weighted by atomic mass is 19.3. The van der Waals surface area contributed by atoms with E-state index in [-0.39, 0.29) is 23.1 Å². The van der Waals surface area contributed by atoms with E-state index in [2.05, 4.69) is 0 Å². The smallest absolute Gasteiger partial charge is 0.282 e. The molecule has 1 aliphatic heterocycles. The molecule has 0 aromatic heterocycles. The van der Waals surface area contributed by atoms with Crippen LogP contribution in [-0.4, -0.2) is 35.4 Å². The van der Waals surface area contributed by atoms with Crippen LogP contribution in [0.25, 0.3) is 11.1 Å². The monoisotopic (exact) mass is 394 g/mol. The summed E-state index contributed by atoms with van der Waals surface area (Å²) in [7, 11) is 0. The molecule has 0 radical (unpaired) electrons. The van der Waals surface area contributed by atoms with Crippen LogP contribution < -0.4 is 5.73 Å². The summed E-state index contributed by atoms with van der Waals surface area (Å²) in [6, 6.07) is 7.50. The number of carbonyl (C=O) groups excluding carboxylic acids is 1. The van der Waals surface area contributed by atoms with Gasteiger partial charge in [0.1, 0.15) is 11.6 Å². The molecule has 0 saturated carbocycles. The minimum Gasteiger partial charge on any atom is -0.331 e. The van der Waals surface area contributed by atoms with E-state index < -0.39 is 48.0 Å². The van der Waals surface area contributed by atoms with Gasteiger partial charge in [0.05, 0.1) is 18.6 Å². The van der Waals surface area contributed by atoms with Crippen LogP contribution in [0, 0.1) is 17.6 Å². The lowest BCUT2D eigenvalue weighted by Crippen LogP contribution is -2.47. The first-order valence-corrected chi connectivity index (χ1v) is 9.09. The number of hydrogen-bond donors (Lipinski definition) is 1. The lowest BCUT2D eigenvalue weighted by atomic mass is 9.95. The van der Waals surface area contributed by atoms with Crippen molar-refractivity contribution in [1.29, 1.82) is 0 Å². The van der Waals surface area contributed by atoms with E-state index in [0.717, 1.165) is 4.90 Å². The molecule has 2 aromatic carbocycles. The van der Waals surface area contributed by atoms with E-state index in [4.69, 9.17) is 5.73 Å². The van der Waals surface area contributed by atoms with Gasteiger partial charge >= 0.3 is 0 Å². The van der Waals surface area contributed by atoms with Crippen molar-refractivity contribution in [2.45, 2.75) is 38.3 Å². The van der Waals surface area contributed by atoms with Crippen LogP contribution in [0.2, 0.25) is 0 Å². The fraction of sp³-hybridized carbons (Fsp3) is 0.381. The molecule has 1 saturated heterocycles. The average Bonchev–Trinajstić information content (AvgIpc) is 2.87. The second kappa shape index (κ2) is 7.54. The molecule has 0 unspecified atom stereocenters. The Bertz CT molecular complexity index is 884. The molecule has 1 aliphatic rings. The van der Waals surface area contributed by atoms with Crippen molar-refractivity contribution in [3.8, 4) is 11.1 Å². The Kier molecular flexibility index (Phi) is 5.48. The number of carbonyl (C=O) groups is 1. The highest BCUT2D eigenvalue weighted by Gasteiger charge is 2.54. The lowest BCUT2D eigenvalue weighted by molar-refractivity contribution is -0.136. The molecule has 1 fully saturated rings. The number of hydrogen-bond acceptors (Lipinski definition) is 2. The quantitative estimate of drug-likeness (QED) is 0.797. The van der Waals surface area contributed by atoms with Crippen LogP contribution in [0.1, 0.15) is 19.4 Å². The molecule has 0 spiro atoms. The first kappa shape index (κ1) is 20.3. The number of halogens is 4. The van der Waals surface area contributed by atoms with Crippen molar-refractivity contribution in [2.75, 3.05) is 6.54 Å². The van der Waals surface area contributed by atoms with Crippen LogP contribution >= 0.6 is 0 Å². The highest BCUT2D eigenvalue weighted by molar-refractivity contribution is 5.79. The zero-order valence-corrected chi connectivity index (χ0v) is 15.6. The van der Waals surface area contributed by atoms with Gasteiger partial charge in [0.25, 0.3) is 5.92 Å². The summed E-state index contributed by atoms with van der Waals surface area (Å²) < 4.78 is 57.6. The maximum absolute atomic E-state index is 15.1. The van der Waals surface area contributed by atoms with Crippen molar-refractivity contribution in [2.24, 2.45) is 11.7 Å². The van der Waals surface area contributed by atoms with Gasteiger partial charge in [0.15, 0.2) is 0 Å². The van der Waals surface area contributed by atoms with Crippen molar-refractivity contribution < 1.29 is 22.4 Å². The van der Waals surface area contributed by atoms with Crippen molar-refractivity contribution in [3.05, 3.63) is 59.7 Å². The third kappa shape index (κ3) is 3.63. The number of alkyl halides is 2. The second-order valence-electron chi connectivity index (χ2n) is 7.44.